The molecule has 7 nitrogen and oxygen atoms in total. The summed E-state index contributed by atoms with van der Waals surface area (Å²) in [5.74, 6) is 2.37. The van der Waals surface area contributed by atoms with Gasteiger partial charge < -0.3 is 14.7 Å². The minimum atomic E-state index is -0.0442. The average molecular weight is 473 g/mol. The summed E-state index contributed by atoms with van der Waals surface area (Å²) in [6.45, 7) is 2.60. The quantitative estimate of drug-likeness (QED) is 0.520. The van der Waals surface area contributed by atoms with Crippen molar-refractivity contribution in [3.05, 3.63) is 50.8 Å². The van der Waals surface area contributed by atoms with Crippen LogP contribution in [0.5, 0.6) is 0 Å². The number of H-pyrrole nitrogens is 1. The Kier molecular flexibility index (Phi) is 6.66. The Balaban J connectivity index is 1.15. The van der Waals surface area contributed by atoms with Gasteiger partial charge in [-0.3, -0.25) is 14.5 Å². The molecule has 1 amide bonds. The summed E-state index contributed by atoms with van der Waals surface area (Å²) >= 11 is 3.11. The molecule has 1 unspecified atom stereocenters. The number of nitrogens with zero attached hydrogens (tertiary/aromatic N) is 2. The van der Waals surface area contributed by atoms with Crippen molar-refractivity contribution < 1.29 is 9.21 Å². The van der Waals surface area contributed by atoms with Crippen molar-refractivity contribution in [3.8, 4) is 0 Å². The number of likely N-dealkylation sites (tertiary alicyclic amines) is 1. The summed E-state index contributed by atoms with van der Waals surface area (Å²) < 4.78 is 5.65. The summed E-state index contributed by atoms with van der Waals surface area (Å²) in [6, 6.07) is 3.95. The summed E-state index contributed by atoms with van der Waals surface area (Å²) in [5.41, 5.74) is 1.15. The van der Waals surface area contributed by atoms with E-state index in [4.69, 9.17) is 4.42 Å². The van der Waals surface area contributed by atoms with Crippen molar-refractivity contribution >= 4 is 39.2 Å². The Labute approximate surface area is 195 Å². The number of carbonyl (C=O) groups excluding carboxylic acids is 1. The smallest absolute Gasteiger partial charge is 0.259 e. The number of aryl methyl sites for hydroxylation is 2. The molecule has 1 atom stereocenters. The number of aromatic amines is 1. The maximum absolute atomic E-state index is 12.6. The Bertz CT molecular complexity index is 1130. The molecular weight excluding hydrogens is 444 g/mol. The molecule has 0 bridgehead atoms. The van der Waals surface area contributed by atoms with E-state index >= 15 is 0 Å². The predicted molar refractivity (Wildman–Crippen MR) is 128 cm³/mol. The van der Waals surface area contributed by atoms with E-state index in [2.05, 4.69) is 20.2 Å². The molecule has 1 aliphatic heterocycles. The topological polar surface area (TPSA) is 91.2 Å². The highest BCUT2D eigenvalue weighted by Gasteiger charge is 2.25. The average Bonchev–Trinajstić information content (AvgIpc) is 3.52. The zero-order valence-electron chi connectivity index (χ0n) is 18.0. The molecule has 0 spiro atoms. The van der Waals surface area contributed by atoms with Crippen LogP contribution in [0.2, 0.25) is 0 Å². The van der Waals surface area contributed by atoms with Crippen LogP contribution in [0, 0.1) is 0 Å². The zero-order valence-corrected chi connectivity index (χ0v) is 19.7. The van der Waals surface area contributed by atoms with E-state index in [0.29, 0.717) is 23.9 Å². The van der Waals surface area contributed by atoms with Gasteiger partial charge in [-0.2, -0.15) is 0 Å². The second-order valence-corrected chi connectivity index (χ2v) is 10.5. The molecule has 32 heavy (non-hydrogen) atoms. The lowest BCUT2D eigenvalue weighted by Crippen LogP contribution is -2.40. The van der Waals surface area contributed by atoms with Crippen molar-refractivity contribution in [2.45, 2.75) is 50.3 Å². The number of hydrogen-bond acceptors (Lipinski definition) is 7. The first-order valence-electron chi connectivity index (χ1n) is 11.3. The van der Waals surface area contributed by atoms with Crippen LogP contribution in [0.3, 0.4) is 0 Å². The lowest BCUT2D eigenvalue weighted by Gasteiger charge is -2.33. The highest BCUT2D eigenvalue weighted by Crippen LogP contribution is 2.34. The van der Waals surface area contributed by atoms with E-state index in [0.717, 1.165) is 48.3 Å². The van der Waals surface area contributed by atoms with Crippen LogP contribution in [0.1, 0.15) is 53.8 Å². The SMILES string of the molecule is O=C(CSCc1nc2sc3c(c2c(=O)[nH]1)CCC3)NCC(c1ccco1)N1CCCCC1. The lowest BCUT2D eigenvalue weighted by molar-refractivity contribution is -0.118. The van der Waals surface area contributed by atoms with Crippen molar-refractivity contribution in [1.29, 1.82) is 0 Å². The summed E-state index contributed by atoms with van der Waals surface area (Å²) in [5, 5.41) is 3.84. The maximum atomic E-state index is 12.6. The number of aromatic nitrogens is 2. The van der Waals surface area contributed by atoms with E-state index in [9.17, 15) is 9.59 Å². The fraction of sp³-hybridized carbons (Fsp3) is 0.522. The van der Waals surface area contributed by atoms with Gasteiger partial charge in [0, 0.05) is 11.4 Å². The van der Waals surface area contributed by atoms with Crippen LogP contribution in [0.4, 0.5) is 0 Å². The first-order valence-corrected chi connectivity index (χ1v) is 13.3. The largest absolute Gasteiger partial charge is 0.468 e. The van der Waals surface area contributed by atoms with Crippen LogP contribution in [0.15, 0.2) is 27.6 Å². The number of thioether (sulfide) groups is 1. The van der Waals surface area contributed by atoms with Gasteiger partial charge in [-0.25, -0.2) is 4.98 Å². The van der Waals surface area contributed by atoms with Gasteiger partial charge in [0.15, 0.2) is 0 Å². The highest BCUT2D eigenvalue weighted by molar-refractivity contribution is 7.99. The van der Waals surface area contributed by atoms with E-state index in [1.165, 1.54) is 41.5 Å². The van der Waals surface area contributed by atoms with Gasteiger partial charge in [0.05, 0.1) is 29.2 Å². The third kappa shape index (κ3) is 4.65. The second kappa shape index (κ2) is 9.80. The molecule has 4 heterocycles. The highest BCUT2D eigenvalue weighted by atomic mass is 32.2. The second-order valence-electron chi connectivity index (χ2n) is 8.47. The van der Waals surface area contributed by atoms with Gasteiger partial charge in [0.25, 0.3) is 5.56 Å². The maximum Gasteiger partial charge on any atom is 0.259 e. The molecule has 2 aliphatic rings. The van der Waals surface area contributed by atoms with Gasteiger partial charge in [-0.15, -0.1) is 23.1 Å². The van der Waals surface area contributed by atoms with E-state index in [1.807, 2.05) is 12.1 Å². The van der Waals surface area contributed by atoms with Gasteiger partial charge >= 0.3 is 0 Å². The Hall–Kier alpha value is -2.10. The molecule has 1 fully saturated rings. The number of thiophene rings is 1. The van der Waals surface area contributed by atoms with E-state index < -0.39 is 0 Å². The number of fused-ring (bicyclic) bond motifs is 3. The van der Waals surface area contributed by atoms with Crippen LogP contribution in [0.25, 0.3) is 10.2 Å². The molecule has 9 heteroatoms. The Morgan fingerprint density at radius 1 is 1.28 bits per heavy atom. The van der Waals surface area contributed by atoms with Gasteiger partial charge in [-0.05, 0) is 62.9 Å². The molecule has 3 aromatic rings. The Morgan fingerprint density at radius 3 is 2.97 bits per heavy atom. The van der Waals surface area contributed by atoms with Crippen molar-refractivity contribution in [3.63, 3.8) is 0 Å². The third-order valence-electron chi connectivity index (χ3n) is 6.29. The minimum absolute atomic E-state index is 0.0120. The fourth-order valence-corrected chi connectivity index (χ4v) is 6.74. The number of amides is 1. The number of piperidine rings is 1. The van der Waals surface area contributed by atoms with Crippen LogP contribution < -0.4 is 10.9 Å². The molecule has 5 rings (SSSR count). The minimum Gasteiger partial charge on any atom is -0.468 e. The monoisotopic (exact) mass is 472 g/mol. The number of furan rings is 1. The normalized spacial score (nSPS) is 17.5. The number of carbonyl (C=O) groups is 1. The summed E-state index contributed by atoms with van der Waals surface area (Å²) in [4.78, 5) is 37.2. The number of rotatable bonds is 8. The van der Waals surface area contributed by atoms with Gasteiger partial charge in [-0.1, -0.05) is 6.42 Å². The lowest BCUT2D eigenvalue weighted by atomic mass is 10.1. The third-order valence-corrected chi connectivity index (χ3v) is 8.42. The van der Waals surface area contributed by atoms with Crippen LogP contribution in [-0.4, -0.2) is 46.2 Å². The van der Waals surface area contributed by atoms with Gasteiger partial charge in [0.2, 0.25) is 5.91 Å². The molecule has 1 saturated heterocycles. The molecule has 2 N–H and O–H groups in total. The molecule has 0 radical (unpaired) electrons. The summed E-state index contributed by atoms with van der Waals surface area (Å²) in [6.07, 6.45) is 8.48. The Morgan fingerprint density at radius 2 is 2.16 bits per heavy atom. The van der Waals surface area contributed by atoms with Crippen molar-refractivity contribution in [2.24, 2.45) is 0 Å². The zero-order chi connectivity index (χ0) is 21.9. The number of hydrogen-bond donors (Lipinski definition) is 2. The fourth-order valence-electron chi connectivity index (χ4n) is 4.74. The molecule has 170 valence electrons. The number of nitrogens with one attached hydrogen (secondary N) is 2. The molecule has 0 aromatic carbocycles. The first-order chi connectivity index (χ1) is 15.7. The van der Waals surface area contributed by atoms with Crippen molar-refractivity contribution in [2.75, 3.05) is 25.4 Å². The standard InChI is InChI=1S/C23H28N4O3S2/c28-20(24-12-16(17-7-5-11-30-17)27-9-2-1-3-10-27)14-31-13-19-25-22(29)21-15-6-4-8-18(15)32-23(21)26-19/h5,7,11,16H,1-4,6,8-10,12-14H2,(H,24,28)(H,25,26,29). The molecule has 3 aromatic heterocycles. The van der Waals surface area contributed by atoms with Crippen molar-refractivity contribution in [1.82, 2.24) is 20.2 Å². The van der Waals surface area contributed by atoms with E-state index in [1.54, 1.807) is 17.6 Å². The van der Waals surface area contributed by atoms with Gasteiger partial charge in [0.1, 0.15) is 16.4 Å². The molecule has 0 saturated carbocycles. The van der Waals surface area contributed by atoms with E-state index in [-0.39, 0.29) is 17.5 Å². The van der Waals surface area contributed by atoms with Crippen LogP contribution in [-0.2, 0) is 23.4 Å². The first kappa shape index (κ1) is 21.7. The summed E-state index contributed by atoms with van der Waals surface area (Å²) in [7, 11) is 0. The molecular formula is C23H28N4O3S2. The van der Waals surface area contributed by atoms with Crippen LogP contribution >= 0.6 is 23.1 Å². The predicted octanol–water partition coefficient (Wildman–Crippen LogP) is 3.64. The molecule has 1 aliphatic carbocycles.